The summed E-state index contributed by atoms with van der Waals surface area (Å²) in [6.45, 7) is 6.26. The van der Waals surface area contributed by atoms with Crippen molar-refractivity contribution in [2.75, 3.05) is 0 Å². The molecule has 0 saturated heterocycles. The Morgan fingerprint density at radius 2 is 1.67 bits per heavy atom. The van der Waals surface area contributed by atoms with Gasteiger partial charge in [0.05, 0.1) is 12.1 Å². The molecule has 0 bridgehead atoms. The van der Waals surface area contributed by atoms with Crippen molar-refractivity contribution >= 4 is 0 Å². The van der Waals surface area contributed by atoms with Crippen molar-refractivity contribution in [1.29, 1.82) is 0 Å². The van der Waals surface area contributed by atoms with Crippen molar-refractivity contribution in [3.63, 3.8) is 0 Å². The molecule has 0 radical (unpaired) electrons. The van der Waals surface area contributed by atoms with E-state index in [1.807, 2.05) is 56.3 Å². The number of hydrogen-bond acceptors (Lipinski definition) is 3. The van der Waals surface area contributed by atoms with Gasteiger partial charge in [-0.05, 0) is 43.0 Å². The highest BCUT2D eigenvalue weighted by atomic mass is 16.5. The van der Waals surface area contributed by atoms with Crippen LogP contribution in [0, 0.1) is 13.8 Å². The summed E-state index contributed by atoms with van der Waals surface area (Å²) < 4.78 is 5.95. The largest absolute Gasteiger partial charge is 0.488 e. The van der Waals surface area contributed by atoms with Crippen molar-refractivity contribution in [2.24, 2.45) is 5.73 Å². The molecule has 3 N–H and O–H groups in total. The van der Waals surface area contributed by atoms with Crippen molar-refractivity contribution in [1.82, 2.24) is 0 Å². The lowest BCUT2D eigenvalue weighted by Crippen LogP contribution is -2.23. The average molecular weight is 285 g/mol. The van der Waals surface area contributed by atoms with Crippen LogP contribution in [0.3, 0.4) is 0 Å². The molecule has 0 saturated carbocycles. The molecule has 2 aromatic carbocycles. The molecule has 0 aromatic heterocycles. The highest BCUT2D eigenvalue weighted by Crippen LogP contribution is 2.28. The number of ether oxygens (including phenoxy) is 1. The molecule has 2 rings (SSSR count). The Labute approximate surface area is 126 Å². The third kappa shape index (κ3) is 3.84. The van der Waals surface area contributed by atoms with Crippen LogP contribution < -0.4 is 10.5 Å². The number of benzene rings is 2. The van der Waals surface area contributed by atoms with Gasteiger partial charge >= 0.3 is 0 Å². The zero-order valence-electron chi connectivity index (χ0n) is 12.8. The summed E-state index contributed by atoms with van der Waals surface area (Å²) in [5.74, 6) is 0.889. The van der Waals surface area contributed by atoms with Crippen LogP contribution in [0.1, 0.15) is 35.2 Å². The van der Waals surface area contributed by atoms with Crippen LogP contribution in [-0.4, -0.2) is 11.2 Å². The summed E-state index contributed by atoms with van der Waals surface area (Å²) in [6.07, 6.45) is -0.570. The van der Waals surface area contributed by atoms with Gasteiger partial charge in [0.1, 0.15) is 12.4 Å². The molecule has 21 heavy (non-hydrogen) atoms. The molecule has 112 valence electrons. The lowest BCUT2D eigenvalue weighted by molar-refractivity contribution is 0.164. The number of aryl methyl sites for hydroxylation is 2. The van der Waals surface area contributed by atoms with Crippen molar-refractivity contribution in [3.05, 3.63) is 64.7 Å². The van der Waals surface area contributed by atoms with Gasteiger partial charge in [-0.3, -0.25) is 0 Å². The second-order valence-electron chi connectivity index (χ2n) is 5.52. The fourth-order valence-electron chi connectivity index (χ4n) is 2.41. The molecule has 0 aliphatic rings. The van der Waals surface area contributed by atoms with E-state index in [2.05, 4.69) is 0 Å². The molecular formula is C18H23NO2. The van der Waals surface area contributed by atoms with Crippen molar-refractivity contribution in [2.45, 2.75) is 39.5 Å². The molecule has 3 heteroatoms. The second-order valence-corrected chi connectivity index (χ2v) is 5.52. The Morgan fingerprint density at radius 1 is 1.10 bits per heavy atom. The van der Waals surface area contributed by atoms with Gasteiger partial charge in [-0.1, -0.05) is 42.5 Å². The van der Waals surface area contributed by atoms with Crippen molar-refractivity contribution in [3.8, 4) is 5.75 Å². The van der Waals surface area contributed by atoms with Crippen molar-refractivity contribution < 1.29 is 9.84 Å². The first-order valence-electron chi connectivity index (χ1n) is 7.20. The van der Waals surface area contributed by atoms with Gasteiger partial charge in [-0.2, -0.15) is 0 Å². The average Bonchev–Trinajstić information content (AvgIpc) is 2.46. The van der Waals surface area contributed by atoms with Crippen LogP contribution in [0.25, 0.3) is 0 Å². The first kappa shape index (κ1) is 15.5. The van der Waals surface area contributed by atoms with Crippen LogP contribution in [0.15, 0.2) is 42.5 Å². The Kier molecular flexibility index (Phi) is 4.99. The summed E-state index contributed by atoms with van der Waals surface area (Å²) in [4.78, 5) is 0. The monoisotopic (exact) mass is 285 g/mol. The summed E-state index contributed by atoms with van der Waals surface area (Å²) in [6, 6.07) is 13.7. The molecule has 0 unspecified atom stereocenters. The minimum atomic E-state index is -0.570. The second kappa shape index (κ2) is 6.74. The third-order valence-corrected chi connectivity index (χ3v) is 3.61. The van der Waals surface area contributed by atoms with Gasteiger partial charge < -0.3 is 15.6 Å². The molecule has 0 heterocycles. The first-order chi connectivity index (χ1) is 9.99. The van der Waals surface area contributed by atoms with Crippen LogP contribution in [0.2, 0.25) is 0 Å². The van der Waals surface area contributed by atoms with Gasteiger partial charge in [0, 0.05) is 0 Å². The van der Waals surface area contributed by atoms with E-state index in [1.54, 1.807) is 6.92 Å². The smallest absolute Gasteiger partial charge is 0.125 e. The fraction of sp³-hybridized carbons (Fsp3) is 0.333. The topological polar surface area (TPSA) is 55.5 Å². The zero-order chi connectivity index (χ0) is 15.4. The minimum Gasteiger partial charge on any atom is -0.488 e. The van der Waals surface area contributed by atoms with E-state index in [0.717, 1.165) is 28.0 Å². The highest BCUT2D eigenvalue weighted by Gasteiger charge is 2.15. The van der Waals surface area contributed by atoms with E-state index in [1.165, 1.54) is 0 Å². The molecule has 0 spiro atoms. The fourth-order valence-corrected chi connectivity index (χ4v) is 2.41. The van der Waals surface area contributed by atoms with E-state index in [9.17, 15) is 5.11 Å². The van der Waals surface area contributed by atoms with Gasteiger partial charge in [0.15, 0.2) is 0 Å². The number of hydrogen-bond donors (Lipinski definition) is 2. The minimum absolute atomic E-state index is 0.370. The van der Waals surface area contributed by atoms with Crippen LogP contribution in [0.5, 0.6) is 5.75 Å². The van der Waals surface area contributed by atoms with E-state index in [0.29, 0.717) is 6.61 Å². The summed E-state index contributed by atoms with van der Waals surface area (Å²) in [7, 11) is 0. The number of nitrogens with two attached hydrogens (primary N) is 1. The number of aliphatic hydroxyl groups excluding tert-OH is 1. The van der Waals surface area contributed by atoms with Gasteiger partial charge in [0.2, 0.25) is 0 Å². The maximum Gasteiger partial charge on any atom is 0.125 e. The first-order valence-corrected chi connectivity index (χ1v) is 7.20. The molecule has 0 amide bonds. The zero-order valence-corrected chi connectivity index (χ0v) is 12.8. The lowest BCUT2D eigenvalue weighted by atomic mass is 9.98. The van der Waals surface area contributed by atoms with E-state index < -0.39 is 6.10 Å². The molecule has 0 aliphatic heterocycles. The van der Waals surface area contributed by atoms with Crippen LogP contribution >= 0.6 is 0 Å². The predicted molar refractivity (Wildman–Crippen MR) is 85.3 cm³/mol. The Bertz CT molecular complexity index is 570. The predicted octanol–water partition coefficient (Wildman–Crippen LogP) is 3.26. The van der Waals surface area contributed by atoms with Gasteiger partial charge in [-0.15, -0.1) is 0 Å². The van der Waals surface area contributed by atoms with E-state index >= 15 is 0 Å². The molecule has 3 nitrogen and oxygen atoms in total. The number of rotatable bonds is 5. The Balaban J connectivity index is 2.17. The molecular weight excluding hydrogens is 262 g/mol. The van der Waals surface area contributed by atoms with E-state index in [-0.39, 0.29) is 6.04 Å². The Morgan fingerprint density at radius 3 is 2.19 bits per heavy atom. The number of aliphatic hydroxyl groups is 1. The SMILES string of the molecule is Cc1cc([C@H](N)[C@@H](C)O)cc(C)c1OCc1ccccc1. The van der Waals surface area contributed by atoms with Crippen LogP contribution in [0.4, 0.5) is 0 Å². The Hall–Kier alpha value is -1.84. The summed E-state index contributed by atoms with van der Waals surface area (Å²) in [5.41, 5.74) is 10.2. The van der Waals surface area contributed by atoms with Crippen LogP contribution in [-0.2, 0) is 6.61 Å². The summed E-state index contributed by atoms with van der Waals surface area (Å²) >= 11 is 0. The van der Waals surface area contributed by atoms with E-state index in [4.69, 9.17) is 10.5 Å². The standard InChI is InChI=1S/C18H23NO2/c1-12-9-16(17(19)14(3)20)10-13(2)18(12)21-11-15-7-5-4-6-8-15/h4-10,14,17,20H,11,19H2,1-3H3/t14-,17-/m1/s1. The molecule has 0 fully saturated rings. The molecule has 2 aromatic rings. The normalized spacial score (nSPS) is 13.8. The quantitative estimate of drug-likeness (QED) is 0.886. The maximum absolute atomic E-state index is 9.62. The maximum atomic E-state index is 9.62. The lowest BCUT2D eigenvalue weighted by Gasteiger charge is -2.19. The highest BCUT2D eigenvalue weighted by molar-refractivity contribution is 5.44. The molecule has 2 atom stereocenters. The van der Waals surface area contributed by atoms with Gasteiger partial charge in [-0.25, -0.2) is 0 Å². The third-order valence-electron chi connectivity index (χ3n) is 3.61. The molecule has 0 aliphatic carbocycles. The van der Waals surface area contributed by atoms with Gasteiger partial charge in [0.25, 0.3) is 0 Å². The summed E-state index contributed by atoms with van der Waals surface area (Å²) in [5, 5.41) is 9.62.